The number of nitrogens with one attached hydrogen (secondary N) is 1. The van der Waals surface area contributed by atoms with Gasteiger partial charge >= 0.3 is 5.97 Å². The number of esters is 1. The largest absolute Gasteiger partial charge is 0.469 e. The molecule has 0 radical (unpaired) electrons. The van der Waals surface area contributed by atoms with E-state index in [-0.39, 0.29) is 18.3 Å². The molecule has 0 saturated heterocycles. The molecule has 0 saturated carbocycles. The van der Waals surface area contributed by atoms with Crippen molar-refractivity contribution in [3.63, 3.8) is 0 Å². The smallest absolute Gasteiger partial charge is 0.305 e. The number of methoxy groups -OCH3 is 1. The SMILES string of the molecule is COC(=O)CCCNC(=O)c1cccnc1Sc1ccc(Br)cc1. The van der Waals surface area contributed by atoms with Gasteiger partial charge in [-0.2, -0.15) is 0 Å². The Hall–Kier alpha value is -1.86. The summed E-state index contributed by atoms with van der Waals surface area (Å²) >= 11 is 4.83. The van der Waals surface area contributed by atoms with Crippen molar-refractivity contribution in [1.29, 1.82) is 0 Å². The summed E-state index contributed by atoms with van der Waals surface area (Å²) in [5, 5.41) is 3.45. The predicted octanol–water partition coefficient (Wildman–Crippen LogP) is 3.68. The molecule has 5 nitrogen and oxygen atoms in total. The highest BCUT2D eigenvalue weighted by Crippen LogP contribution is 2.29. The minimum atomic E-state index is -0.280. The molecule has 7 heteroatoms. The van der Waals surface area contributed by atoms with Crippen LogP contribution in [0.4, 0.5) is 0 Å². The van der Waals surface area contributed by atoms with Gasteiger partial charge < -0.3 is 10.1 Å². The first-order valence-corrected chi connectivity index (χ1v) is 8.94. The van der Waals surface area contributed by atoms with E-state index >= 15 is 0 Å². The van der Waals surface area contributed by atoms with Crippen molar-refractivity contribution >= 4 is 39.6 Å². The lowest BCUT2D eigenvalue weighted by Crippen LogP contribution is -2.25. The van der Waals surface area contributed by atoms with Crippen LogP contribution in [0.5, 0.6) is 0 Å². The summed E-state index contributed by atoms with van der Waals surface area (Å²) < 4.78 is 5.56. The topological polar surface area (TPSA) is 68.3 Å². The molecule has 1 amide bonds. The van der Waals surface area contributed by atoms with Crippen molar-refractivity contribution in [2.75, 3.05) is 13.7 Å². The highest BCUT2D eigenvalue weighted by molar-refractivity contribution is 9.10. The maximum Gasteiger partial charge on any atom is 0.305 e. The summed E-state index contributed by atoms with van der Waals surface area (Å²) in [4.78, 5) is 28.7. The van der Waals surface area contributed by atoms with E-state index in [1.165, 1.54) is 18.9 Å². The summed E-state index contributed by atoms with van der Waals surface area (Å²) in [6.07, 6.45) is 2.48. The van der Waals surface area contributed by atoms with Gasteiger partial charge in [0.2, 0.25) is 0 Å². The van der Waals surface area contributed by atoms with E-state index in [0.29, 0.717) is 23.6 Å². The highest BCUT2D eigenvalue weighted by atomic mass is 79.9. The summed E-state index contributed by atoms with van der Waals surface area (Å²) in [5.41, 5.74) is 0.517. The summed E-state index contributed by atoms with van der Waals surface area (Å²) in [5.74, 6) is -0.482. The predicted molar refractivity (Wildman–Crippen MR) is 96.1 cm³/mol. The molecule has 2 aromatic rings. The molecule has 1 aromatic carbocycles. The molecule has 0 spiro atoms. The third-order valence-corrected chi connectivity index (χ3v) is 4.67. The van der Waals surface area contributed by atoms with Crippen molar-refractivity contribution in [2.24, 2.45) is 0 Å². The average Bonchev–Trinajstić information content (AvgIpc) is 2.60. The number of aromatic nitrogens is 1. The first-order valence-electron chi connectivity index (χ1n) is 7.33. The van der Waals surface area contributed by atoms with Crippen LogP contribution in [0.3, 0.4) is 0 Å². The number of nitrogens with zero attached hydrogens (tertiary/aromatic N) is 1. The average molecular weight is 409 g/mol. The Labute approximate surface area is 153 Å². The fraction of sp³-hybridized carbons (Fsp3) is 0.235. The van der Waals surface area contributed by atoms with E-state index in [2.05, 4.69) is 31.0 Å². The number of benzene rings is 1. The van der Waals surface area contributed by atoms with Crippen LogP contribution in [0, 0.1) is 0 Å². The van der Waals surface area contributed by atoms with Gasteiger partial charge in [-0.25, -0.2) is 4.98 Å². The molecule has 1 aromatic heterocycles. The van der Waals surface area contributed by atoms with Gasteiger partial charge in [-0.3, -0.25) is 9.59 Å². The Morgan fingerprint density at radius 3 is 2.71 bits per heavy atom. The fourth-order valence-corrected chi connectivity index (χ4v) is 3.04. The lowest BCUT2D eigenvalue weighted by Gasteiger charge is -2.09. The van der Waals surface area contributed by atoms with Crippen LogP contribution in [0.2, 0.25) is 0 Å². The van der Waals surface area contributed by atoms with Gasteiger partial charge in [0.15, 0.2) is 0 Å². The number of hydrogen-bond donors (Lipinski definition) is 1. The molecule has 0 aliphatic heterocycles. The lowest BCUT2D eigenvalue weighted by molar-refractivity contribution is -0.140. The highest BCUT2D eigenvalue weighted by Gasteiger charge is 2.13. The van der Waals surface area contributed by atoms with Crippen LogP contribution in [-0.4, -0.2) is 30.5 Å². The number of ether oxygens (including phenoxy) is 1. The first-order chi connectivity index (χ1) is 11.6. The van der Waals surface area contributed by atoms with Gasteiger partial charge in [-0.1, -0.05) is 27.7 Å². The van der Waals surface area contributed by atoms with Crippen LogP contribution in [0.1, 0.15) is 23.2 Å². The summed E-state index contributed by atoms with van der Waals surface area (Å²) in [6.45, 7) is 0.408. The quantitative estimate of drug-likeness (QED) is 0.558. The Morgan fingerprint density at radius 1 is 1.25 bits per heavy atom. The first kappa shape index (κ1) is 18.5. The van der Waals surface area contributed by atoms with E-state index in [1.54, 1.807) is 18.3 Å². The molecule has 0 aliphatic rings. The second-order valence-electron chi connectivity index (χ2n) is 4.85. The molecule has 0 atom stereocenters. The van der Waals surface area contributed by atoms with Gasteiger partial charge in [0.25, 0.3) is 5.91 Å². The van der Waals surface area contributed by atoms with Crippen LogP contribution in [-0.2, 0) is 9.53 Å². The van der Waals surface area contributed by atoms with E-state index < -0.39 is 0 Å². The van der Waals surface area contributed by atoms with Crippen LogP contribution in [0.15, 0.2) is 57.0 Å². The van der Waals surface area contributed by atoms with Crippen molar-refractivity contribution in [3.8, 4) is 0 Å². The molecule has 0 unspecified atom stereocenters. The Kier molecular flexibility index (Phi) is 7.27. The van der Waals surface area contributed by atoms with Crippen molar-refractivity contribution < 1.29 is 14.3 Å². The van der Waals surface area contributed by atoms with Gasteiger partial charge in [0.1, 0.15) is 5.03 Å². The molecular formula is C17H17BrN2O3S. The molecule has 24 heavy (non-hydrogen) atoms. The number of rotatable bonds is 7. The van der Waals surface area contributed by atoms with Gasteiger partial charge in [0, 0.05) is 28.5 Å². The molecule has 0 fully saturated rings. The number of carbonyl (C=O) groups is 2. The van der Waals surface area contributed by atoms with Gasteiger partial charge in [0.05, 0.1) is 12.7 Å². The Morgan fingerprint density at radius 2 is 2.00 bits per heavy atom. The van der Waals surface area contributed by atoms with Crippen LogP contribution < -0.4 is 5.32 Å². The maximum atomic E-state index is 12.3. The van der Waals surface area contributed by atoms with Crippen molar-refractivity contribution in [2.45, 2.75) is 22.8 Å². The maximum absolute atomic E-state index is 12.3. The number of pyridine rings is 1. The third kappa shape index (κ3) is 5.65. The second-order valence-corrected chi connectivity index (χ2v) is 6.83. The molecule has 2 rings (SSSR count). The Bertz CT molecular complexity index is 707. The molecular weight excluding hydrogens is 392 g/mol. The third-order valence-electron chi connectivity index (χ3n) is 3.11. The van der Waals surface area contributed by atoms with Crippen molar-refractivity contribution in [3.05, 3.63) is 52.6 Å². The molecule has 0 aliphatic carbocycles. The number of amides is 1. The zero-order valence-electron chi connectivity index (χ0n) is 13.1. The minimum Gasteiger partial charge on any atom is -0.469 e. The molecule has 0 bridgehead atoms. The minimum absolute atomic E-state index is 0.201. The number of hydrogen-bond acceptors (Lipinski definition) is 5. The summed E-state index contributed by atoms with van der Waals surface area (Å²) in [6, 6.07) is 11.3. The zero-order valence-corrected chi connectivity index (χ0v) is 15.5. The number of carbonyl (C=O) groups excluding carboxylic acids is 2. The standard InChI is InChI=1S/C17H17BrN2O3S/c1-23-15(21)5-3-10-19-16(22)14-4-2-11-20-17(14)24-13-8-6-12(18)7-9-13/h2,4,6-9,11H,3,5,10H2,1H3,(H,19,22). The second kappa shape index (κ2) is 9.44. The summed E-state index contributed by atoms with van der Waals surface area (Å²) in [7, 11) is 1.35. The van der Waals surface area contributed by atoms with Gasteiger partial charge in [-0.05, 0) is 42.8 Å². The van der Waals surface area contributed by atoms with E-state index in [9.17, 15) is 9.59 Å². The molecule has 1 heterocycles. The molecule has 126 valence electrons. The van der Waals surface area contributed by atoms with E-state index in [1.807, 2.05) is 24.3 Å². The Balaban J connectivity index is 1.98. The molecule has 1 N–H and O–H groups in total. The lowest BCUT2D eigenvalue weighted by atomic mass is 10.2. The van der Waals surface area contributed by atoms with Crippen molar-refractivity contribution in [1.82, 2.24) is 10.3 Å². The number of halogens is 1. The van der Waals surface area contributed by atoms with E-state index in [4.69, 9.17) is 0 Å². The van der Waals surface area contributed by atoms with Crippen LogP contribution >= 0.6 is 27.7 Å². The fourth-order valence-electron chi connectivity index (χ4n) is 1.89. The van der Waals surface area contributed by atoms with E-state index in [0.717, 1.165) is 9.37 Å². The van der Waals surface area contributed by atoms with Gasteiger partial charge in [-0.15, -0.1) is 0 Å². The zero-order chi connectivity index (χ0) is 17.4. The van der Waals surface area contributed by atoms with Crippen LogP contribution in [0.25, 0.3) is 0 Å². The normalized spacial score (nSPS) is 10.2. The monoisotopic (exact) mass is 408 g/mol.